The van der Waals surface area contributed by atoms with Crippen LogP contribution in [0.1, 0.15) is 57.1 Å². The number of nitrogens with zero attached hydrogens (tertiary/aromatic N) is 4. The summed E-state index contributed by atoms with van der Waals surface area (Å²) in [4.78, 5) is 36.5. The molecule has 3 aromatic heterocycles. The Labute approximate surface area is 209 Å². The molecule has 12 heteroatoms. The van der Waals surface area contributed by atoms with Crippen molar-refractivity contribution in [2.45, 2.75) is 52.7 Å². The molecule has 37 heavy (non-hydrogen) atoms. The van der Waals surface area contributed by atoms with Crippen LogP contribution in [0.2, 0.25) is 0 Å². The summed E-state index contributed by atoms with van der Waals surface area (Å²) in [6.45, 7) is 8.38. The molecule has 1 unspecified atom stereocenters. The van der Waals surface area contributed by atoms with Crippen molar-refractivity contribution < 1.29 is 22.7 Å². The molecule has 3 heterocycles. The van der Waals surface area contributed by atoms with E-state index in [1.54, 1.807) is 34.6 Å². The van der Waals surface area contributed by atoms with Gasteiger partial charge in [-0.15, -0.1) is 0 Å². The van der Waals surface area contributed by atoms with Crippen molar-refractivity contribution in [1.29, 1.82) is 0 Å². The number of hydrogen-bond donors (Lipinski definition) is 2. The highest BCUT2D eigenvalue weighted by molar-refractivity contribution is 5.90. The lowest BCUT2D eigenvalue weighted by atomic mass is 10.0. The largest absolute Gasteiger partial charge is 0.442 e. The fraction of sp³-hybridized carbons (Fsp3) is 0.320. The Kier molecular flexibility index (Phi) is 6.76. The van der Waals surface area contributed by atoms with Gasteiger partial charge in [-0.25, -0.2) is 27.9 Å². The molecule has 1 aromatic carbocycles. The number of anilines is 1. The van der Waals surface area contributed by atoms with Gasteiger partial charge in [-0.2, -0.15) is 9.78 Å². The zero-order valence-electron chi connectivity index (χ0n) is 20.8. The number of halogens is 3. The van der Waals surface area contributed by atoms with Crippen molar-refractivity contribution >= 4 is 22.9 Å². The molecule has 0 amide bonds. The number of alkyl halides is 2. The smallest absolute Gasteiger partial charge is 0.435 e. The van der Waals surface area contributed by atoms with Crippen molar-refractivity contribution in [1.82, 2.24) is 24.7 Å². The predicted octanol–water partition coefficient (Wildman–Crippen LogP) is 5.52. The monoisotopic (exact) mass is 514 g/mol. The van der Waals surface area contributed by atoms with Gasteiger partial charge in [0.25, 0.3) is 12.0 Å². The average Bonchev–Trinajstić information content (AvgIpc) is 3.27. The molecule has 4 aromatic rings. The summed E-state index contributed by atoms with van der Waals surface area (Å²) in [5.74, 6) is -0.421. The highest BCUT2D eigenvalue weighted by Gasteiger charge is 2.22. The molecule has 0 fully saturated rings. The minimum absolute atomic E-state index is 0.0329. The number of carbonyl (C=O) groups is 1. The summed E-state index contributed by atoms with van der Waals surface area (Å²) in [6.07, 6.45) is -0.959. The maximum Gasteiger partial charge on any atom is 0.435 e. The Hall–Kier alpha value is -4.22. The number of H-pyrrole nitrogens is 1. The Morgan fingerprint density at radius 3 is 2.57 bits per heavy atom. The van der Waals surface area contributed by atoms with E-state index < -0.39 is 41.1 Å². The van der Waals surface area contributed by atoms with Gasteiger partial charge in [0, 0.05) is 17.3 Å². The van der Waals surface area contributed by atoms with Gasteiger partial charge in [-0.05, 0) is 40.7 Å². The fourth-order valence-electron chi connectivity index (χ4n) is 3.75. The van der Waals surface area contributed by atoms with Gasteiger partial charge in [0.05, 0.1) is 28.8 Å². The van der Waals surface area contributed by atoms with Crippen LogP contribution >= 0.6 is 0 Å². The summed E-state index contributed by atoms with van der Waals surface area (Å²) < 4.78 is 47.4. The molecule has 0 saturated carbocycles. The molecule has 194 valence electrons. The van der Waals surface area contributed by atoms with Gasteiger partial charge >= 0.3 is 6.09 Å². The molecule has 0 aliphatic rings. The zero-order chi connectivity index (χ0) is 27.1. The van der Waals surface area contributed by atoms with Crippen molar-refractivity contribution in [3.63, 3.8) is 0 Å². The lowest BCUT2D eigenvalue weighted by Gasteiger charge is -2.19. The summed E-state index contributed by atoms with van der Waals surface area (Å²) in [7, 11) is 0. The summed E-state index contributed by atoms with van der Waals surface area (Å²) in [5.41, 5.74) is -1.14. The highest BCUT2D eigenvalue weighted by atomic mass is 19.3. The first-order valence-electron chi connectivity index (χ1n) is 11.4. The molecule has 0 spiro atoms. The van der Waals surface area contributed by atoms with E-state index in [0.29, 0.717) is 16.8 Å². The van der Waals surface area contributed by atoms with E-state index in [1.165, 1.54) is 30.6 Å². The molecule has 0 bridgehead atoms. The van der Waals surface area contributed by atoms with Crippen molar-refractivity contribution in [3.05, 3.63) is 69.8 Å². The second kappa shape index (κ2) is 9.68. The Morgan fingerprint density at radius 2 is 1.89 bits per heavy atom. The number of hydrogen-bond acceptors (Lipinski definition) is 7. The van der Waals surface area contributed by atoms with Gasteiger partial charge in [0.1, 0.15) is 28.7 Å². The van der Waals surface area contributed by atoms with Gasteiger partial charge in [-0.3, -0.25) is 4.79 Å². The molecular weight excluding hydrogens is 489 g/mol. The Balaban J connectivity index is 1.74. The maximum absolute atomic E-state index is 14.7. The van der Waals surface area contributed by atoms with Gasteiger partial charge < -0.3 is 15.0 Å². The molecular formula is C25H25F3N6O3. The molecule has 1 atom stereocenters. The molecule has 9 nitrogen and oxygen atoms in total. The number of fused-ring (bicyclic) bond motifs is 1. The highest BCUT2D eigenvalue weighted by Crippen LogP contribution is 2.30. The van der Waals surface area contributed by atoms with E-state index in [-0.39, 0.29) is 22.6 Å². The van der Waals surface area contributed by atoms with Crippen LogP contribution in [0.25, 0.3) is 22.2 Å². The average molecular weight is 515 g/mol. The Morgan fingerprint density at radius 1 is 1.19 bits per heavy atom. The van der Waals surface area contributed by atoms with Crippen LogP contribution in [0.15, 0.2) is 41.5 Å². The topological polar surface area (TPSA) is 115 Å². The van der Waals surface area contributed by atoms with Crippen LogP contribution in [0.4, 0.5) is 23.8 Å². The predicted molar refractivity (Wildman–Crippen MR) is 131 cm³/mol. The third-order valence-corrected chi connectivity index (χ3v) is 5.41. The summed E-state index contributed by atoms with van der Waals surface area (Å²) in [5, 5.41) is 7.43. The van der Waals surface area contributed by atoms with E-state index in [2.05, 4.69) is 25.4 Å². The lowest BCUT2D eigenvalue weighted by Crippen LogP contribution is -2.27. The second-order valence-electron chi connectivity index (χ2n) is 9.46. The number of pyridine rings is 1. The minimum Gasteiger partial charge on any atom is -0.442 e. The first kappa shape index (κ1) is 25.9. The van der Waals surface area contributed by atoms with Crippen molar-refractivity contribution in [2.24, 2.45) is 0 Å². The number of aryl methyl sites for hydroxylation is 1. The maximum atomic E-state index is 14.7. The SMILES string of the molecule is Cc1nc(NC(C)c2cccc(C(F)F)c2F)c2cc(-c3cnn(C(=O)OC(C)(C)C)c3)c(=O)[nH]c2n1. The lowest BCUT2D eigenvalue weighted by molar-refractivity contribution is 0.0514. The molecule has 0 aliphatic heterocycles. The molecule has 0 radical (unpaired) electrons. The van der Waals surface area contributed by atoms with Gasteiger partial charge in [0.2, 0.25) is 0 Å². The molecule has 4 rings (SSSR count). The zero-order valence-corrected chi connectivity index (χ0v) is 20.8. The quantitative estimate of drug-likeness (QED) is 0.360. The first-order chi connectivity index (χ1) is 17.3. The molecule has 2 N–H and O–H groups in total. The van der Waals surface area contributed by atoms with Crippen LogP contribution in [0.3, 0.4) is 0 Å². The van der Waals surface area contributed by atoms with Gasteiger partial charge in [-0.1, -0.05) is 18.2 Å². The van der Waals surface area contributed by atoms with Crippen LogP contribution in [0, 0.1) is 12.7 Å². The number of ether oxygens (including phenoxy) is 1. The van der Waals surface area contributed by atoms with E-state index in [4.69, 9.17) is 4.74 Å². The van der Waals surface area contributed by atoms with E-state index >= 15 is 0 Å². The minimum atomic E-state index is -2.96. The van der Waals surface area contributed by atoms with E-state index in [9.17, 15) is 22.8 Å². The number of carbonyl (C=O) groups excluding carboxylic acids is 1. The first-order valence-corrected chi connectivity index (χ1v) is 11.4. The van der Waals surface area contributed by atoms with Crippen LogP contribution in [0.5, 0.6) is 0 Å². The summed E-state index contributed by atoms with van der Waals surface area (Å²) in [6, 6.07) is 4.58. The van der Waals surface area contributed by atoms with Gasteiger partial charge in [0.15, 0.2) is 0 Å². The third-order valence-electron chi connectivity index (χ3n) is 5.41. The fourth-order valence-corrected chi connectivity index (χ4v) is 3.75. The second-order valence-corrected chi connectivity index (χ2v) is 9.46. The van der Waals surface area contributed by atoms with E-state index in [1.807, 2.05) is 0 Å². The van der Waals surface area contributed by atoms with Crippen LogP contribution in [-0.4, -0.2) is 36.4 Å². The Bertz CT molecular complexity index is 1540. The molecule has 0 saturated heterocycles. The van der Waals surface area contributed by atoms with Crippen molar-refractivity contribution in [2.75, 3.05) is 5.32 Å². The number of nitrogens with one attached hydrogen (secondary N) is 2. The number of rotatable bonds is 5. The van der Waals surface area contributed by atoms with Crippen LogP contribution in [-0.2, 0) is 4.74 Å². The number of aromatic amines is 1. The molecule has 0 aliphatic carbocycles. The summed E-state index contributed by atoms with van der Waals surface area (Å²) >= 11 is 0. The standard InChI is InChI=1S/C25H25F3N6O3/c1-12(15-7-6-8-16(19(15)26)20(27)28)30-21-18-9-17(23(35)33-22(18)32-13(2)31-21)14-10-29-34(11-14)24(36)37-25(3,4)5/h6-12,20H,1-5H3,(H2,30,31,32,33,35). The number of benzene rings is 1. The van der Waals surface area contributed by atoms with Crippen molar-refractivity contribution in [3.8, 4) is 11.1 Å². The van der Waals surface area contributed by atoms with Crippen LogP contribution < -0.4 is 10.9 Å². The number of aromatic nitrogens is 5. The normalized spacial score (nSPS) is 12.7. The third kappa shape index (κ3) is 5.47. The van der Waals surface area contributed by atoms with E-state index in [0.717, 1.165) is 10.7 Å².